The number of nitrogens with zero attached hydrogens (tertiary/aromatic N) is 3. The highest BCUT2D eigenvalue weighted by atomic mass is 35.5. The van der Waals surface area contributed by atoms with Crippen molar-refractivity contribution in [1.29, 1.82) is 0 Å². The van der Waals surface area contributed by atoms with Gasteiger partial charge in [-0.15, -0.1) is 0 Å². The Morgan fingerprint density at radius 1 is 1.09 bits per heavy atom. The molecule has 2 saturated heterocycles. The molecule has 0 aliphatic carbocycles. The standard InChI is InChI=1S/C26H30ClN3O3/c1-3-30-25(32)29(18-21-10-7-11-23(17-21)33-2)24(31)26(30)12-14-28(15-13-26)19-22(27)16-20-8-5-4-6-9-20/h4-11,16-17H,3,12-15,18-19H2,1-2H3/b22-16-. The van der Waals surface area contributed by atoms with Gasteiger partial charge in [-0.1, -0.05) is 54.1 Å². The predicted octanol–water partition coefficient (Wildman–Crippen LogP) is 4.59. The first-order valence-electron chi connectivity index (χ1n) is 11.4. The number of hydrogen-bond acceptors (Lipinski definition) is 4. The zero-order chi connectivity index (χ0) is 23.4. The van der Waals surface area contributed by atoms with Crippen LogP contribution in [0.3, 0.4) is 0 Å². The lowest BCUT2D eigenvalue weighted by Gasteiger charge is -2.41. The van der Waals surface area contributed by atoms with Gasteiger partial charge in [0.25, 0.3) is 5.91 Å². The fourth-order valence-electron chi connectivity index (χ4n) is 4.87. The average molecular weight is 468 g/mol. The third kappa shape index (κ3) is 4.77. The van der Waals surface area contributed by atoms with E-state index in [-0.39, 0.29) is 18.5 Å². The lowest BCUT2D eigenvalue weighted by molar-refractivity contribution is -0.135. The second-order valence-electron chi connectivity index (χ2n) is 8.58. The minimum absolute atomic E-state index is 0.0947. The highest BCUT2D eigenvalue weighted by Crippen LogP contribution is 2.38. The van der Waals surface area contributed by atoms with Gasteiger partial charge in [0.05, 0.1) is 13.7 Å². The van der Waals surface area contributed by atoms with Crippen LogP contribution in [0.15, 0.2) is 59.6 Å². The van der Waals surface area contributed by atoms with Crippen molar-refractivity contribution in [3.05, 3.63) is 70.8 Å². The number of likely N-dealkylation sites (N-methyl/N-ethyl adjacent to an activating group) is 1. The van der Waals surface area contributed by atoms with E-state index in [0.29, 0.717) is 44.8 Å². The summed E-state index contributed by atoms with van der Waals surface area (Å²) in [5.74, 6) is 0.616. The molecule has 1 spiro atoms. The van der Waals surface area contributed by atoms with Crippen molar-refractivity contribution < 1.29 is 14.3 Å². The maximum Gasteiger partial charge on any atom is 0.327 e. The Bertz CT molecular complexity index is 1030. The van der Waals surface area contributed by atoms with E-state index < -0.39 is 5.54 Å². The third-order valence-electron chi connectivity index (χ3n) is 6.59. The zero-order valence-electron chi connectivity index (χ0n) is 19.2. The Hall–Kier alpha value is -2.83. The van der Waals surface area contributed by atoms with Crippen LogP contribution in [0.5, 0.6) is 5.75 Å². The number of hydrogen-bond donors (Lipinski definition) is 0. The molecule has 0 aromatic heterocycles. The molecular weight excluding hydrogens is 438 g/mol. The Morgan fingerprint density at radius 3 is 2.48 bits per heavy atom. The van der Waals surface area contributed by atoms with E-state index >= 15 is 0 Å². The number of rotatable bonds is 7. The Morgan fingerprint density at radius 2 is 1.82 bits per heavy atom. The van der Waals surface area contributed by atoms with Gasteiger partial charge in [-0.2, -0.15) is 0 Å². The Kier molecular flexibility index (Phi) is 7.05. The molecule has 174 valence electrons. The highest BCUT2D eigenvalue weighted by molar-refractivity contribution is 6.31. The summed E-state index contributed by atoms with van der Waals surface area (Å²) < 4.78 is 5.29. The van der Waals surface area contributed by atoms with E-state index in [9.17, 15) is 9.59 Å². The second-order valence-corrected chi connectivity index (χ2v) is 9.06. The maximum absolute atomic E-state index is 13.6. The molecule has 3 amide bonds. The van der Waals surface area contributed by atoms with Gasteiger partial charge >= 0.3 is 6.03 Å². The summed E-state index contributed by atoms with van der Waals surface area (Å²) in [6, 6.07) is 17.3. The van der Waals surface area contributed by atoms with Crippen LogP contribution in [0, 0.1) is 0 Å². The largest absolute Gasteiger partial charge is 0.497 e. The number of urea groups is 1. The topological polar surface area (TPSA) is 53.1 Å². The van der Waals surface area contributed by atoms with Gasteiger partial charge < -0.3 is 9.64 Å². The number of amides is 3. The van der Waals surface area contributed by atoms with Crippen molar-refractivity contribution in [3.8, 4) is 5.75 Å². The number of carbonyl (C=O) groups is 2. The van der Waals surface area contributed by atoms with Gasteiger partial charge in [-0.25, -0.2) is 4.79 Å². The average Bonchev–Trinajstić information content (AvgIpc) is 3.02. The van der Waals surface area contributed by atoms with Crippen molar-refractivity contribution >= 4 is 29.6 Å². The molecule has 7 heteroatoms. The third-order valence-corrected chi connectivity index (χ3v) is 6.82. The molecule has 33 heavy (non-hydrogen) atoms. The van der Waals surface area contributed by atoms with Crippen LogP contribution in [0.25, 0.3) is 6.08 Å². The number of likely N-dealkylation sites (tertiary alicyclic amines) is 1. The molecule has 0 saturated carbocycles. The number of methoxy groups -OCH3 is 1. The number of piperidine rings is 1. The minimum atomic E-state index is -0.767. The molecule has 0 atom stereocenters. The molecule has 0 unspecified atom stereocenters. The van der Waals surface area contributed by atoms with Gasteiger partial charge in [0, 0.05) is 31.2 Å². The van der Waals surface area contributed by atoms with Gasteiger partial charge in [-0.3, -0.25) is 14.6 Å². The fraction of sp³-hybridized carbons (Fsp3) is 0.385. The van der Waals surface area contributed by atoms with E-state index in [1.807, 2.05) is 67.6 Å². The number of carbonyl (C=O) groups excluding carboxylic acids is 2. The van der Waals surface area contributed by atoms with Crippen molar-refractivity contribution in [3.63, 3.8) is 0 Å². The normalized spacial score (nSPS) is 18.9. The van der Waals surface area contributed by atoms with E-state index in [1.165, 1.54) is 4.90 Å². The molecule has 0 bridgehead atoms. The molecule has 2 aromatic carbocycles. The molecule has 4 rings (SSSR count). The number of halogens is 1. The number of imide groups is 1. The second kappa shape index (κ2) is 9.98. The lowest BCUT2D eigenvalue weighted by Crippen LogP contribution is -2.56. The smallest absolute Gasteiger partial charge is 0.327 e. The van der Waals surface area contributed by atoms with Crippen LogP contribution in [0.2, 0.25) is 0 Å². The maximum atomic E-state index is 13.6. The van der Waals surface area contributed by atoms with E-state index in [2.05, 4.69) is 4.90 Å². The molecule has 2 aromatic rings. The Balaban J connectivity index is 1.45. The summed E-state index contributed by atoms with van der Waals surface area (Å²) in [5, 5.41) is 0.762. The Labute approximate surface area is 200 Å². The summed E-state index contributed by atoms with van der Waals surface area (Å²) in [6.07, 6.45) is 3.19. The first-order valence-corrected chi connectivity index (χ1v) is 11.7. The summed E-state index contributed by atoms with van der Waals surface area (Å²) in [6.45, 7) is 4.75. The molecule has 2 fully saturated rings. The van der Waals surface area contributed by atoms with Gasteiger partial charge in [0.15, 0.2) is 0 Å². The molecular formula is C26H30ClN3O3. The quantitative estimate of drug-likeness (QED) is 0.559. The van der Waals surface area contributed by atoms with Gasteiger partial charge in [0.1, 0.15) is 11.3 Å². The van der Waals surface area contributed by atoms with Crippen LogP contribution in [-0.4, -0.2) is 65.5 Å². The fourth-order valence-corrected chi connectivity index (χ4v) is 5.16. The molecule has 2 aliphatic heterocycles. The van der Waals surface area contributed by atoms with Crippen LogP contribution in [0.4, 0.5) is 4.79 Å². The molecule has 0 N–H and O–H groups in total. The number of ether oxygens (including phenoxy) is 1. The lowest BCUT2D eigenvalue weighted by atomic mass is 9.85. The molecule has 2 aliphatic rings. The number of benzene rings is 2. The van der Waals surface area contributed by atoms with Crippen molar-refractivity contribution in [2.75, 3.05) is 33.3 Å². The monoisotopic (exact) mass is 467 g/mol. The van der Waals surface area contributed by atoms with E-state index in [1.54, 1.807) is 12.0 Å². The molecule has 0 radical (unpaired) electrons. The summed E-state index contributed by atoms with van der Waals surface area (Å²) in [4.78, 5) is 32.2. The zero-order valence-corrected chi connectivity index (χ0v) is 19.9. The SMILES string of the molecule is CCN1C(=O)N(Cc2cccc(OC)c2)C(=O)C12CCN(C/C(Cl)=C/c1ccccc1)CC2. The minimum Gasteiger partial charge on any atom is -0.497 e. The highest BCUT2D eigenvalue weighted by Gasteiger charge is 2.57. The van der Waals surface area contributed by atoms with Gasteiger partial charge in [0.2, 0.25) is 0 Å². The van der Waals surface area contributed by atoms with Crippen molar-refractivity contribution in [2.24, 2.45) is 0 Å². The van der Waals surface area contributed by atoms with Crippen LogP contribution >= 0.6 is 11.6 Å². The van der Waals surface area contributed by atoms with E-state index in [4.69, 9.17) is 16.3 Å². The predicted molar refractivity (Wildman–Crippen MR) is 130 cm³/mol. The van der Waals surface area contributed by atoms with Crippen LogP contribution in [0.1, 0.15) is 30.9 Å². The summed E-state index contributed by atoms with van der Waals surface area (Å²) >= 11 is 6.52. The summed E-state index contributed by atoms with van der Waals surface area (Å²) in [5.41, 5.74) is 1.17. The van der Waals surface area contributed by atoms with Crippen molar-refractivity contribution in [1.82, 2.24) is 14.7 Å². The van der Waals surface area contributed by atoms with Crippen LogP contribution < -0.4 is 4.74 Å². The molecule has 6 nitrogen and oxygen atoms in total. The summed E-state index contributed by atoms with van der Waals surface area (Å²) in [7, 11) is 1.61. The molecule has 2 heterocycles. The van der Waals surface area contributed by atoms with E-state index in [0.717, 1.165) is 16.2 Å². The first kappa shape index (κ1) is 23.3. The van der Waals surface area contributed by atoms with Crippen molar-refractivity contribution in [2.45, 2.75) is 31.8 Å². The van der Waals surface area contributed by atoms with Gasteiger partial charge in [-0.05, 0) is 49.1 Å². The van der Waals surface area contributed by atoms with Crippen LogP contribution in [-0.2, 0) is 11.3 Å². The first-order chi connectivity index (χ1) is 16.0.